The van der Waals surface area contributed by atoms with Gasteiger partial charge in [-0.15, -0.1) is 0 Å². The number of nitrogens with one attached hydrogen (secondary N) is 2. The fourth-order valence-corrected chi connectivity index (χ4v) is 4.16. The summed E-state index contributed by atoms with van der Waals surface area (Å²) in [5.74, 6) is -1.47. The lowest BCUT2D eigenvalue weighted by Crippen LogP contribution is -2.36. The van der Waals surface area contributed by atoms with Crippen molar-refractivity contribution in [2.75, 3.05) is 27.2 Å². The minimum Gasteiger partial charge on any atom is -0.492 e. The minimum absolute atomic E-state index is 0.0182. The standard InChI is InChI=1S/C26H24F5N5O3S/c1-36(2)11-12-39-19-5-3-17(4-6-19)25-34-23(16-7-9-32-10-8-16)24(35-25)18-13-21(27)20(22(28)14-18)15-33-40(37,38)26(29,30)31/h3-10,13-14,33H,11-12,15H2,1-2H3,(H,34,35). The van der Waals surface area contributed by atoms with Crippen LogP contribution in [0.25, 0.3) is 33.9 Å². The molecule has 0 aliphatic carbocycles. The predicted octanol–water partition coefficient (Wildman–Crippen LogP) is 4.96. The number of halogens is 5. The van der Waals surface area contributed by atoms with E-state index in [0.717, 1.165) is 18.7 Å². The van der Waals surface area contributed by atoms with E-state index in [1.165, 1.54) is 17.1 Å². The summed E-state index contributed by atoms with van der Waals surface area (Å²) in [5, 5.41) is 0. The van der Waals surface area contributed by atoms with Crippen molar-refractivity contribution in [2.24, 2.45) is 0 Å². The van der Waals surface area contributed by atoms with Crippen LogP contribution in [0.2, 0.25) is 0 Å². The Morgan fingerprint density at radius 1 is 0.950 bits per heavy atom. The maximum Gasteiger partial charge on any atom is 0.511 e. The van der Waals surface area contributed by atoms with E-state index in [1.54, 1.807) is 36.4 Å². The number of imidazole rings is 1. The Hall–Kier alpha value is -3.88. The summed E-state index contributed by atoms with van der Waals surface area (Å²) in [5.41, 5.74) is -4.68. The Morgan fingerprint density at radius 2 is 1.57 bits per heavy atom. The van der Waals surface area contributed by atoms with Gasteiger partial charge in [-0.1, -0.05) is 0 Å². The molecular formula is C26H24F5N5O3S. The normalized spacial score (nSPS) is 12.2. The van der Waals surface area contributed by atoms with Gasteiger partial charge in [-0.2, -0.15) is 13.2 Å². The third kappa shape index (κ3) is 6.63. The van der Waals surface area contributed by atoms with Crippen molar-refractivity contribution in [1.29, 1.82) is 0 Å². The zero-order chi connectivity index (χ0) is 29.1. The molecule has 2 aromatic heterocycles. The van der Waals surface area contributed by atoms with Gasteiger partial charge in [0.05, 0.1) is 11.4 Å². The monoisotopic (exact) mass is 581 g/mol. The molecule has 2 N–H and O–H groups in total. The summed E-state index contributed by atoms with van der Waals surface area (Å²) in [7, 11) is -1.93. The van der Waals surface area contributed by atoms with Gasteiger partial charge < -0.3 is 14.6 Å². The van der Waals surface area contributed by atoms with Crippen molar-refractivity contribution in [2.45, 2.75) is 12.1 Å². The number of H-pyrrole nitrogens is 1. The average molecular weight is 582 g/mol. The fraction of sp³-hybridized carbons (Fsp3) is 0.231. The first-order valence-electron chi connectivity index (χ1n) is 11.8. The fourth-order valence-electron chi connectivity index (χ4n) is 3.66. The van der Waals surface area contributed by atoms with Crippen LogP contribution in [-0.2, 0) is 16.6 Å². The molecule has 0 fully saturated rings. The van der Waals surface area contributed by atoms with Crippen LogP contribution in [0.1, 0.15) is 5.56 Å². The minimum atomic E-state index is -5.79. The maximum atomic E-state index is 14.9. The number of rotatable bonds is 10. The van der Waals surface area contributed by atoms with Gasteiger partial charge in [0.25, 0.3) is 0 Å². The molecule has 0 radical (unpaired) electrons. The highest BCUT2D eigenvalue weighted by Gasteiger charge is 2.45. The van der Waals surface area contributed by atoms with E-state index in [-0.39, 0.29) is 11.3 Å². The number of aromatic nitrogens is 3. The maximum absolute atomic E-state index is 14.9. The SMILES string of the molecule is CN(C)CCOc1ccc(-c2nc(-c3cc(F)c(CNS(=O)(=O)C(F)(F)F)c(F)c3)c(-c3ccncc3)[nH]2)cc1. The van der Waals surface area contributed by atoms with Gasteiger partial charge in [-0.25, -0.2) is 26.9 Å². The molecule has 0 amide bonds. The number of sulfonamides is 1. The quantitative estimate of drug-likeness (QED) is 0.257. The zero-order valence-electron chi connectivity index (χ0n) is 21.3. The molecule has 40 heavy (non-hydrogen) atoms. The number of aromatic amines is 1. The number of hydrogen-bond donors (Lipinski definition) is 2. The molecular weight excluding hydrogens is 557 g/mol. The van der Waals surface area contributed by atoms with Crippen LogP contribution in [0.15, 0.2) is 60.9 Å². The second kappa shape index (κ2) is 11.7. The number of benzene rings is 2. The smallest absolute Gasteiger partial charge is 0.492 e. The number of pyridine rings is 1. The van der Waals surface area contributed by atoms with Crippen molar-refractivity contribution < 1.29 is 35.1 Å². The van der Waals surface area contributed by atoms with Crippen LogP contribution < -0.4 is 9.46 Å². The van der Waals surface area contributed by atoms with Crippen molar-refractivity contribution in [3.8, 4) is 39.7 Å². The largest absolute Gasteiger partial charge is 0.511 e. The highest BCUT2D eigenvalue weighted by Crippen LogP contribution is 2.35. The van der Waals surface area contributed by atoms with Gasteiger partial charge in [-0.3, -0.25) is 4.98 Å². The van der Waals surface area contributed by atoms with Gasteiger partial charge in [0.15, 0.2) is 0 Å². The van der Waals surface area contributed by atoms with Crippen molar-refractivity contribution in [3.05, 3.63) is 78.1 Å². The van der Waals surface area contributed by atoms with E-state index in [2.05, 4.69) is 15.0 Å². The molecule has 14 heteroatoms. The number of hydrogen-bond acceptors (Lipinski definition) is 6. The molecule has 0 spiro atoms. The summed E-state index contributed by atoms with van der Waals surface area (Å²) in [6.45, 7) is -0.00129. The van der Waals surface area contributed by atoms with Crippen LogP contribution in [0.4, 0.5) is 22.0 Å². The first-order valence-corrected chi connectivity index (χ1v) is 13.3. The average Bonchev–Trinajstić information content (AvgIpc) is 3.34. The Kier molecular flexibility index (Phi) is 8.51. The molecule has 0 saturated heterocycles. The van der Waals surface area contributed by atoms with Crippen molar-refractivity contribution in [1.82, 2.24) is 24.6 Å². The number of ether oxygens (including phenoxy) is 1. The van der Waals surface area contributed by atoms with Crippen molar-refractivity contribution in [3.63, 3.8) is 0 Å². The molecule has 0 atom stereocenters. The molecule has 8 nitrogen and oxygen atoms in total. The summed E-state index contributed by atoms with van der Waals surface area (Å²) in [6, 6.07) is 12.1. The van der Waals surface area contributed by atoms with Crippen LogP contribution in [0.3, 0.4) is 0 Å². The summed E-state index contributed by atoms with van der Waals surface area (Å²) in [4.78, 5) is 13.7. The lowest BCUT2D eigenvalue weighted by atomic mass is 10.0. The molecule has 0 aliphatic rings. The predicted molar refractivity (Wildman–Crippen MR) is 138 cm³/mol. The highest BCUT2D eigenvalue weighted by molar-refractivity contribution is 7.90. The lowest BCUT2D eigenvalue weighted by Gasteiger charge is -2.12. The second-order valence-electron chi connectivity index (χ2n) is 8.91. The molecule has 0 bridgehead atoms. The topological polar surface area (TPSA) is 100 Å². The van der Waals surface area contributed by atoms with Crippen LogP contribution in [0.5, 0.6) is 5.75 Å². The molecule has 0 saturated carbocycles. The molecule has 4 rings (SSSR count). The van der Waals surface area contributed by atoms with E-state index in [0.29, 0.717) is 35.0 Å². The van der Waals surface area contributed by atoms with Gasteiger partial charge in [0.2, 0.25) is 0 Å². The van der Waals surface area contributed by atoms with E-state index in [9.17, 15) is 30.4 Å². The van der Waals surface area contributed by atoms with E-state index >= 15 is 0 Å². The number of nitrogens with zero attached hydrogens (tertiary/aromatic N) is 3. The molecule has 2 aromatic carbocycles. The first-order chi connectivity index (χ1) is 18.9. The van der Waals surface area contributed by atoms with E-state index in [1.807, 2.05) is 19.0 Å². The van der Waals surface area contributed by atoms with Gasteiger partial charge in [0.1, 0.15) is 29.8 Å². The molecule has 4 aromatic rings. The Morgan fingerprint density at radius 3 is 2.15 bits per heavy atom. The third-order valence-corrected chi connectivity index (χ3v) is 6.90. The highest BCUT2D eigenvalue weighted by atomic mass is 32.2. The van der Waals surface area contributed by atoms with Gasteiger partial charge in [0, 0.05) is 47.7 Å². The molecule has 2 heterocycles. The van der Waals surface area contributed by atoms with Gasteiger partial charge >= 0.3 is 15.5 Å². The molecule has 0 aliphatic heterocycles. The summed E-state index contributed by atoms with van der Waals surface area (Å²) in [6.07, 6.45) is 3.05. The third-order valence-electron chi connectivity index (χ3n) is 5.77. The number of likely N-dealkylation sites (N-methyl/N-ethyl adjacent to an activating group) is 1. The van der Waals surface area contributed by atoms with Crippen LogP contribution in [0, 0.1) is 11.6 Å². The Labute approximate surface area is 226 Å². The second-order valence-corrected chi connectivity index (χ2v) is 10.7. The van der Waals surface area contributed by atoms with E-state index < -0.39 is 39.3 Å². The van der Waals surface area contributed by atoms with E-state index in [4.69, 9.17) is 4.74 Å². The Balaban J connectivity index is 1.68. The van der Waals surface area contributed by atoms with Crippen LogP contribution in [-0.4, -0.2) is 61.0 Å². The number of alkyl halides is 3. The van der Waals surface area contributed by atoms with Gasteiger partial charge in [-0.05, 0) is 62.6 Å². The van der Waals surface area contributed by atoms with Crippen molar-refractivity contribution >= 4 is 10.0 Å². The summed E-state index contributed by atoms with van der Waals surface area (Å²) < 4.78 is 97.1. The molecule has 212 valence electrons. The lowest BCUT2D eigenvalue weighted by molar-refractivity contribution is -0.0448. The summed E-state index contributed by atoms with van der Waals surface area (Å²) >= 11 is 0. The Bertz CT molecular complexity index is 1550. The first kappa shape index (κ1) is 29.1. The molecule has 0 unspecified atom stereocenters. The van der Waals surface area contributed by atoms with Crippen LogP contribution >= 0.6 is 0 Å². The zero-order valence-corrected chi connectivity index (χ0v) is 22.1.